The molecule has 3 aliphatic heterocycles. The van der Waals surface area contributed by atoms with E-state index in [1.165, 1.54) is 18.9 Å². The van der Waals surface area contributed by atoms with Gasteiger partial charge in [0, 0.05) is 47.7 Å². The van der Waals surface area contributed by atoms with Crippen LogP contribution in [0.1, 0.15) is 42.5 Å². The number of nitrogens with zero attached hydrogens (tertiary/aromatic N) is 3. The fourth-order valence-corrected chi connectivity index (χ4v) is 6.28. The highest BCUT2D eigenvalue weighted by atomic mass is 32.2. The highest BCUT2D eigenvalue weighted by Crippen LogP contribution is 2.37. The number of halogens is 1. The Morgan fingerprint density at radius 1 is 1.17 bits per heavy atom. The van der Waals surface area contributed by atoms with Crippen molar-refractivity contribution < 1.29 is 28.9 Å². The number of aryl methyl sites for hydroxylation is 1. The fraction of sp³-hybridized carbons (Fsp3) is 0.520. The highest BCUT2D eigenvalue weighted by molar-refractivity contribution is 7.99. The number of hydrogen-bond acceptors (Lipinski definition) is 7. The van der Waals surface area contributed by atoms with E-state index < -0.39 is 11.9 Å². The van der Waals surface area contributed by atoms with Crippen LogP contribution in [-0.2, 0) is 33.9 Å². The molecule has 2 saturated heterocycles. The normalized spacial score (nSPS) is 22.6. The summed E-state index contributed by atoms with van der Waals surface area (Å²) in [5.74, 6) is -2.90. The first-order valence-corrected chi connectivity index (χ1v) is 13.0. The Balaban J connectivity index is 0.000000455. The van der Waals surface area contributed by atoms with E-state index in [1.54, 1.807) is 23.9 Å². The number of aromatic nitrogens is 2. The van der Waals surface area contributed by atoms with E-state index in [0.717, 1.165) is 54.5 Å². The topological polar surface area (TPSA) is 122 Å². The molecule has 0 spiro atoms. The van der Waals surface area contributed by atoms with Gasteiger partial charge < -0.3 is 14.9 Å². The fourth-order valence-electron chi connectivity index (χ4n) is 5.29. The number of carbonyl (C=O) groups is 2. The van der Waals surface area contributed by atoms with Crippen molar-refractivity contribution >= 4 is 23.7 Å². The molecule has 4 heterocycles. The second kappa shape index (κ2) is 11.5. The third-order valence-corrected chi connectivity index (χ3v) is 8.01. The molecule has 0 saturated carbocycles. The Kier molecular flexibility index (Phi) is 8.43. The van der Waals surface area contributed by atoms with Gasteiger partial charge in [-0.25, -0.2) is 19.0 Å². The largest absolute Gasteiger partial charge is 0.473 e. The van der Waals surface area contributed by atoms with Crippen molar-refractivity contribution in [2.75, 3.05) is 12.3 Å². The van der Waals surface area contributed by atoms with Crippen molar-refractivity contribution in [3.05, 3.63) is 57.3 Å². The van der Waals surface area contributed by atoms with Crippen LogP contribution in [0.4, 0.5) is 4.39 Å². The summed E-state index contributed by atoms with van der Waals surface area (Å²) in [6.45, 7) is 3.98. The Morgan fingerprint density at radius 2 is 1.83 bits per heavy atom. The van der Waals surface area contributed by atoms with Crippen molar-refractivity contribution in [3.63, 3.8) is 0 Å². The number of carboxylic acid groups (broad SMARTS) is 2. The summed E-state index contributed by atoms with van der Waals surface area (Å²) in [5, 5.41) is 15.7. The van der Waals surface area contributed by atoms with Gasteiger partial charge >= 0.3 is 11.9 Å². The summed E-state index contributed by atoms with van der Waals surface area (Å²) < 4.78 is 21.8. The number of hydrogen-bond donors (Lipinski definition) is 2. The lowest BCUT2D eigenvalue weighted by Crippen LogP contribution is -2.46. The molecule has 11 heteroatoms. The van der Waals surface area contributed by atoms with Crippen molar-refractivity contribution in [1.82, 2.24) is 14.5 Å². The van der Waals surface area contributed by atoms with Crippen LogP contribution < -0.4 is 5.56 Å². The standard InChI is InChI=1S/C23H28FN3O2S.C2H2O4/c1-15-20(22(28)27-10-11-30-23(27)25-15)8-9-26-17-6-7-18(26)13-19(12-17)29-14-16-4-2-3-5-21(16)24;3-1(4)2(5)6/h2-5,17-19H,6-14H2,1H3;(H,3,4)(H,5,6). The van der Waals surface area contributed by atoms with Crippen molar-refractivity contribution in [2.45, 2.75) is 75.5 Å². The Morgan fingerprint density at radius 3 is 2.47 bits per heavy atom. The smallest absolute Gasteiger partial charge is 0.414 e. The first kappa shape index (κ1) is 26.3. The lowest BCUT2D eigenvalue weighted by atomic mass is 9.98. The molecular formula is C25H30FN3O6S. The highest BCUT2D eigenvalue weighted by Gasteiger charge is 2.41. The number of aliphatic carboxylic acids is 2. The molecule has 36 heavy (non-hydrogen) atoms. The average molecular weight is 520 g/mol. The third kappa shape index (κ3) is 5.96. The molecule has 0 radical (unpaired) electrons. The maximum atomic E-state index is 13.9. The van der Waals surface area contributed by atoms with Crippen LogP contribution in [0.25, 0.3) is 0 Å². The minimum atomic E-state index is -1.82. The monoisotopic (exact) mass is 519 g/mol. The van der Waals surface area contributed by atoms with E-state index in [2.05, 4.69) is 9.88 Å². The van der Waals surface area contributed by atoms with Crippen molar-refractivity contribution in [1.29, 1.82) is 0 Å². The zero-order valence-electron chi connectivity index (χ0n) is 20.1. The van der Waals surface area contributed by atoms with Gasteiger partial charge in [-0.2, -0.15) is 0 Å². The molecule has 5 rings (SSSR count). The maximum absolute atomic E-state index is 13.9. The van der Waals surface area contributed by atoms with Crippen LogP contribution in [0.15, 0.2) is 34.2 Å². The number of benzene rings is 1. The predicted molar refractivity (Wildman–Crippen MR) is 131 cm³/mol. The molecule has 2 aromatic rings. The lowest BCUT2D eigenvalue weighted by molar-refractivity contribution is -0.159. The Bertz CT molecular complexity index is 1160. The quantitative estimate of drug-likeness (QED) is 0.438. The molecule has 2 bridgehead atoms. The van der Waals surface area contributed by atoms with Gasteiger partial charge in [0.05, 0.1) is 12.7 Å². The van der Waals surface area contributed by atoms with Crippen molar-refractivity contribution in [2.24, 2.45) is 0 Å². The number of rotatable bonds is 6. The predicted octanol–water partition coefficient (Wildman–Crippen LogP) is 2.71. The van der Waals surface area contributed by atoms with E-state index in [4.69, 9.17) is 24.5 Å². The summed E-state index contributed by atoms with van der Waals surface area (Å²) in [4.78, 5) is 38.3. The lowest BCUT2D eigenvalue weighted by Gasteiger charge is -2.39. The van der Waals surface area contributed by atoms with E-state index in [-0.39, 0.29) is 17.5 Å². The van der Waals surface area contributed by atoms with E-state index >= 15 is 0 Å². The minimum Gasteiger partial charge on any atom is -0.473 e. The van der Waals surface area contributed by atoms with Gasteiger partial charge in [0.25, 0.3) is 5.56 Å². The number of piperidine rings is 1. The average Bonchev–Trinajstić information content (AvgIpc) is 3.40. The Labute approximate surface area is 212 Å². The van der Waals surface area contributed by atoms with Gasteiger partial charge in [-0.1, -0.05) is 30.0 Å². The zero-order chi connectivity index (χ0) is 25.8. The van der Waals surface area contributed by atoms with E-state index in [0.29, 0.717) is 24.3 Å². The molecule has 3 aliphatic rings. The molecule has 2 fully saturated rings. The summed E-state index contributed by atoms with van der Waals surface area (Å²) in [7, 11) is 0. The molecular weight excluding hydrogens is 489 g/mol. The van der Waals surface area contributed by atoms with Crippen molar-refractivity contribution in [3.8, 4) is 0 Å². The molecule has 2 atom stereocenters. The van der Waals surface area contributed by atoms with Crippen LogP contribution in [0.3, 0.4) is 0 Å². The second-order valence-corrected chi connectivity index (χ2v) is 10.3. The van der Waals surface area contributed by atoms with Crippen LogP contribution in [0.2, 0.25) is 0 Å². The van der Waals surface area contributed by atoms with Gasteiger partial charge in [-0.3, -0.25) is 14.3 Å². The van der Waals surface area contributed by atoms with Gasteiger partial charge in [0.15, 0.2) is 5.16 Å². The molecule has 0 aliphatic carbocycles. The number of ether oxygens (including phenoxy) is 1. The van der Waals surface area contributed by atoms with E-state index in [1.807, 2.05) is 17.6 Å². The van der Waals surface area contributed by atoms with Gasteiger partial charge in [0.2, 0.25) is 0 Å². The minimum absolute atomic E-state index is 0.151. The van der Waals surface area contributed by atoms with Crippen LogP contribution in [-0.4, -0.2) is 67.1 Å². The first-order chi connectivity index (χ1) is 17.2. The zero-order valence-corrected chi connectivity index (χ0v) is 20.9. The summed E-state index contributed by atoms with van der Waals surface area (Å²) in [6, 6.07) is 7.84. The molecule has 1 aromatic heterocycles. The number of carboxylic acids is 2. The molecule has 0 amide bonds. The van der Waals surface area contributed by atoms with Crippen LogP contribution >= 0.6 is 11.8 Å². The SMILES string of the molecule is Cc1nc2n(c(=O)c1CCN1C3CCC1CC(OCc1ccccc1F)C3)CCS2.O=C(O)C(=O)O. The second-order valence-electron chi connectivity index (χ2n) is 9.24. The summed E-state index contributed by atoms with van der Waals surface area (Å²) in [6.07, 6.45) is 5.28. The van der Waals surface area contributed by atoms with Crippen LogP contribution in [0, 0.1) is 12.7 Å². The van der Waals surface area contributed by atoms with Gasteiger partial charge in [-0.15, -0.1) is 0 Å². The van der Waals surface area contributed by atoms with Crippen LogP contribution in [0.5, 0.6) is 0 Å². The summed E-state index contributed by atoms with van der Waals surface area (Å²) in [5.41, 5.74) is 2.54. The third-order valence-electron chi connectivity index (χ3n) is 7.06. The Hall–Kier alpha value is -2.76. The number of thioether (sulfide) groups is 1. The first-order valence-electron chi connectivity index (χ1n) is 12.0. The van der Waals surface area contributed by atoms with Gasteiger partial charge in [0.1, 0.15) is 5.82 Å². The summed E-state index contributed by atoms with van der Waals surface area (Å²) >= 11 is 1.67. The molecule has 2 unspecified atom stereocenters. The number of fused-ring (bicyclic) bond motifs is 3. The molecule has 1 aromatic carbocycles. The van der Waals surface area contributed by atoms with E-state index in [9.17, 15) is 9.18 Å². The maximum Gasteiger partial charge on any atom is 0.414 e. The van der Waals surface area contributed by atoms with Gasteiger partial charge in [-0.05, 0) is 45.1 Å². The molecule has 194 valence electrons. The molecule has 9 nitrogen and oxygen atoms in total. The molecule has 2 N–H and O–H groups in total.